The van der Waals surface area contributed by atoms with Crippen LogP contribution in [0.15, 0.2) is 48.8 Å². The molecule has 1 heterocycles. The topological polar surface area (TPSA) is 82.5 Å². The maximum atomic E-state index is 13.5. The Bertz CT molecular complexity index is 1220. The summed E-state index contributed by atoms with van der Waals surface area (Å²) in [5.41, 5.74) is 1.02. The zero-order valence-electron chi connectivity index (χ0n) is 20.3. The first-order valence-corrected chi connectivity index (χ1v) is 11.4. The standard InChI is InChI=1S/C26H28F3N3O4/c1-4-36-25(34)14-18-5-8-23(35-3)22(13-18)21-7-6-20(26(27,28)29)15-19(21)16-31-24(33)9-11-32-12-10-30-17(32)2/h5-8,10,12-13,15H,4,9,11,14,16H2,1-3H3,(H,31,33). The maximum absolute atomic E-state index is 13.5. The summed E-state index contributed by atoms with van der Waals surface area (Å²) in [7, 11) is 1.45. The highest BCUT2D eigenvalue weighted by Crippen LogP contribution is 2.37. The first-order valence-electron chi connectivity index (χ1n) is 11.4. The molecular formula is C26H28F3N3O4. The Labute approximate surface area is 207 Å². The van der Waals surface area contributed by atoms with E-state index in [0.717, 1.165) is 18.0 Å². The smallest absolute Gasteiger partial charge is 0.416 e. The lowest BCUT2D eigenvalue weighted by Crippen LogP contribution is -2.24. The van der Waals surface area contributed by atoms with Crippen molar-refractivity contribution in [3.05, 3.63) is 71.3 Å². The Balaban J connectivity index is 1.89. The molecule has 0 radical (unpaired) electrons. The van der Waals surface area contributed by atoms with Gasteiger partial charge in [0.05, 0.1) is 25.7 Å². The van der Waals surface area contributed by atoms with E-state index in [9.17, 15) is 22.8 Å². The number of methoxy groups -OCH3 is 1. The van der Waals surface area contributed by atoms with Crippen molar-refractivity contribution >= 4 is 11.9 Å². The largest absolute Gasteiger partial charge is 0.496 e. The molecule has 0 aliphatic rings. The monoisotopic (exact) mass is 503 g/mol. The van der Waals surface area contributed by atoms with E-state index in [0.29, 0.717) is 29.0 Å². The fourth-order valence-corrected chi connectivity index (χ4v) is 3.78. The summed E-state index contributed by atoms with van der Waals surface area (Å²) in [6.45, 7) is 4.04. The van der Waals surface area contributed by atoms with Crippen LogP contribution < -0.4 is 10.1 Å². The highest BCUT2D eigenvalue weighted by Gasteiger charge is 2.31. The van der Waals surface area contributed by atoms with Gasteiger partial charge in [-0.25, -0.2) is 4.98 Å². The van der Waals surface area contributed by atoms with Gasteiger partial charge in [-0.05, 0) is 54.8 Å². The van der Waals surface area contributed by atoms with E-state index in [2.05, 4.69) is 10.3 Å². The van der Waals surface area contributed by atoms with E-state index in [-0.39, 0.29) is 37.5 Å². The third kappa shape index (κ3) is 6.87. The van der Waals surface area contributed by atoms with Gasteiger partial charge in [-0.1, -0.05) is 12.1 Å². The summed E-state index contributed by atoms with van der Waals surface area (Å²) in [5.74, 6) is 0.458. The predicted octanol–water partition coefficient (Wildman–Crippen LogP) is 4.70. The number of hydrogen-bond donors (Lipinski definition) is 1. The molecule has 0 spiro atoms. The molecular weight excluding hydrogens is 475 g/mol. The number of nitrogens with one attached hydrogen (secondary N) is 1. The first-order chi connectivity index (χ1) is 17.1. The molecule has 1 amide bonds. The molecule has 0 aliphatic heterocycles. The number of aromatic nitrogens is 2. The van der Waals surface area contributed by atoms with Gasteiger partial charge < -0.3 is 19.4 Å². The number of aryl methyl sites for hydroxylation is 2. The number of benzene rings is 2. The lowest BCUT2D eigenvalue weighted by atomic mass is 9.94. The van der Waals surface area contributed by atoms with E-state index in [1.807, 2.05) is 11.5 Å². The molecule has 192 valence electrons. The van der Waals surface area contributed by atoms with Crippen molar-refractivity contribution in [1.29, 1.82) is 0 Å². The molecule has 7 nitrogen and oxygen atoms in total. The molecule has 0 fully saturated rings. The van der Waals surface area contributed by atoms with Crippen molar-refractivity contribution in [3.63, 3.8) is 0 Å². The van der Waals surface area contributed by atoms with Gasteiger partial charge in [0, 0.05) is 37.5 Å². The summed E-state index contributed by atoms with van der Waals surface area (Å²) in [6.07, 6.45) is -1.02. The van der Waals surface area contributed by atoms with Crippen LogP contribution in [0, 0.1) is 6.92 Å². The normalized spacial score (nSPS) is 11.3. The zero-order valence-corrected chi connectivity index (χ0v) is 20.3. The van der Waals surface area contributed by atoms with Crippen LogP contribution in [-0.4, -0.2) is 35.1 Å². The van der Waals surface area contributed by atoms with E-state index >= 15 is 0 Å². The number of alkyl halides is 3. The van der Waals surface area contributed by atoms with Gasteiger partial charge in [-0.2, -0.15) is 13.2 Å². The zero-order chi connectivity index (χ0) is 26.3. The number of esters is 1. The van der Waals surface area contributed by atoms with Crippen LogP contribution in [0.4, 0.5) is 13.2 Å². The van der Waals surface area contributed by atoms with Crippen LogP contribution in [0.3, 0.4) is 0 Å². The summed E-state index contributed by atoms with van der Waals surface area (Å²) in [4.78, 5) is 28.5. The van der Waals surface area contributed by atoms with E-state index in [1.54, 1.807) is 37.5 Å². The van der Waals surface area contributed by atoms with E-state index < -0.39 is 17.7 Å². The van der Waals surface area contributed by atoms with Crippen LogP contribution in [0.25, 0.3) is 11.1 Å². The molecule has 10 heteroatoms. The SMILES string of the molecule is CCOC(=O)Cc1ccc(OC)c(-c2ccc(C(F)(F)F)cc2CNC(=O)CCn2ccnc2C)c1. The second-order valence-electron chi connectivity index (χ2n) is 8.08. The molecule has 0 saturated heterocycles. The van der Waals surface area contributed by atoms with Gasteiger partial charge in [-0.15, -0.1) is 0 Å². The van der Waals surface area contributed by atoms with Gasteiger partial charge in [0.15, 0.2) is 0 Å². The molecule has 0 atom stereocenters. The maximum Gasteiger partial charge on any atom is 0.416 e. The van der Waals surface area contributed by atoms with Gasteiger partial charge in [0.2, 0.25) is 5.91 Å². The number of nitrogens with zero attached hydrogens (tertiary/aromatic N) is 2. The number of rotatable bonds is 10. The fraction of sp³-hybridized carbons (Fsp3) is 0.346. The highest BCUT2D eigenvalue weighted by atomic mass is 19.4. The number of hydrogen-bond acceptors (Lipinski definition) is 5. The molecule has 2 aromatic carbocycles. The van der Waals surface area contributed by atoms with Crippen LogP contribution in [0.2, 0.25) is 0 Å². The van der Waals surface area contributed by atoms with E-state index in [1.165, 1.54) is 13.2 Å². The van der Waals surface area contributed by atoms with Crippen molar-refractivity contribution in [3.8, 4) is 16.9 Å². The summed E-state index contributed by atoms with van der Waals surface area (Å²) in [5, 5.41) is 2.72. The number of carbonyl (C=O) groups is 2. The molecule has 3 aromatic rings. The average Bonchev–Trinajstić information content (AvgIpc) is 3.25. The van der Waals surface area contributed by atoms with Crippen LogP contribution >= 0.6 is 0 Å². The minimum Gasteiger partial charge on any atom is -0.496 e. The van der Waals surface area contributed by atoms with Gasteiger partial charge in [-0.3, -0.25) is 9.59 Å². The summed E-state index contributed by atoms with van der Waals surface area (Å²) in [6, 6.07) is 8.39. The van der Waals surface area contributed by atoms with Crippen molar-refractivity contribution in [1.82, 2.24) is 14.9 Å². The predicted molar refractivity (Wildman–Crippen MR) is 127 cm³/mol. The number of carbonyl (C=O) groups excluding carboxylic acids is 2. The molecule has 3 rings (SSSR count). The third-order valence-corrected chi connectivity index (χ3v) is 5.62. The van der Waals surface area contributed by atoms with Gasteiger partial charge >= 0.3 is 12.1 Å². The van der Waals surface area contributed by atoms with Gasteiger partial charge in [0.25, 0.3) is 0 Å². The quantitative estimate of drug-likeness (QED) is 0.406. The summed E-state index contributed by atoms with van der Waals surface area (Å²) >= 11 is 0. The lowest BCUT2D eigenvalue weighted by Gasteiger charge is -2.17. The molecule has 36 heavy (non-hydrogen) atoms. The van der Waals surface area contributed by atoms with Crippen LogP contribution in [0.1, 0.15) is 35.9 Å². The third-order valence-electron chi connectivity index (χ3n) is 5.62. The fourth-order valence-electron chi connectivity index (χ4n) is 3.78. The lowest BCUT2D eigenvalue weighted by molar-refractivity contribution is -0.142. The molecule has 0 aliphatic carbocycles. The second kappa shape index (κ2) is 11.7. The number of imidazole rings is 1. The molecule has 0 saturated carbocycles. The summed E-state index contributed by atoms with van der Waals surface area (Å²) < 4.78 is 52.7. The Morgan fingerprint density at radius 1 is 1.11 bits per heavy atom. The minimum absolute atomic E-state index is 0.00516. The number of halogens is 3. The molecule has 0 bridgehead atoms. The second-order valence-corrected chi connectivity index (χ2v) is 8.08. The highest BCUT2D eigenvalue weighted by molar-refractivity contribution is 5.79. The van der Waals surface area contributed by atoms with Crippen molar-refractivity contribution in [2.75, 3.05) is 13.7 Å². The minimum atomic E-state index is -4.55. The average molecular weight is 504 g/mol. The number of ether oxygens (including phenoxy) is 2. The Hall–Kier alpha value is -3.82. The van der Waals surface area contributed by atoms with Crippen molar-refractivity contribution in [2.45, 2.75) is 46.0 Å². The Kier molecular flexibility index (Phi) is 8.73. The van der Waals surface area contributed by atoms with Crippen molar-refractivity contribution < 1.29 is 32.2 Å². The van der Waals surface area contributed by atoms with Crippen molar-refractivity contribution in [2.24, 2.45) is 0 Å². The van der Waals surface area contributed by atoms with E-state index in [4.69, 9.17) is 9.47 Å². The first kappa shape index (κ1) is 26.8. The molecule has 1 N–H and O–H groups in total. The Morgan fingerprint density at radius 3 is 2.53 bits per heavy atom. The Morgan fingerprint density at radius 2 is 1.89 bits per heavy atom. The molecule has 0 unspecified atom stereocenters. The molecule has 1 aromatic heterocycles. The van der Waals surface area contributed by atoms with Crippen LogP contribution in [-0.2, 0) is 40.0 Å². The van der Waals surface area contributed by atoms with Crippen LogP contribution in [0.5, 0.6) is 5.75 Å². The number of amides is 1. The van der Waals surface area contributed by atoms with Gasteiger partial charge in [0.1, 0.15) is 11.6 Å².